The first-order chi connectivity index (χ1) is 11.5. The summed E-state index contributed by atoms with van der Waals surface area (Å²) in [5, 5.41) is 3.43. The van der Waals surface area contributed by atoms with Crippen LogP contribution in [0.1, 0.15) is 42.6 Å². The predicted octanol–water partition coefficient (Wildman–Crippen LogP) is 3.93. The van der Waals surface area contributed by atoms with Crippen molar-refractivity contribution in [3.8, 4) is 0 Å². The lowest BCUT2D eigenvalue weighted by Gasteiger charge is -2.15. The summed E-state index contributed by atoms with van der Waals surface area (Å²) in [6, 6.07) is 4.33. The summed E-state index contributed by atoms with van der Waals surface area (Å²) in [7, 11) is 0. The summed E-state index contributed by atoms with van der Waals surface area (Å²) < 4.78 is 0. The van der Waals surface area contributed by atoms with E-state index in [4.69, 9.17) is 0 Å². The van der Waals surface area contributed by atoms with Crippen molar-refractivity contribution < 1.29 is 4.79 Å². The van der Waals surface area contributed by atoms with Gasteiger partial charge in [0.1, 0.15) is 0 Å². The summed E-state index contributed by atoms with van der Waals surface area (Å²) in [6.45, 7) is 8.80. The van der Waals surface area contributed by atoms with Gasteiger partial charge in [-0.2, -0.15) is 13.5 Å². The van der Waals surface area contributed by atoms with Crippen LogP contribution in [0.25, 0.3) is 0 Å². The Labute approximate surface area is 167 Å². The quantitative estimate of drug-likeness (QED) is 0.835. The SMILES string of the molecule is C.CC(=O)Nc1ncc(CN2CCC(Cc3ccc(C)nc3C)C2)s1.S. The Hall–Kier alpha value is -1.44. The van der Waals surface area contributed by atoms with Crippen LogP contribution in [0.15, 0.2) is 18.3 Å². The van der Waals surface area contributed by atoms with E-state index in [1.165, 1.54) is 23.8 Å². The molecule has 1 aliphatic heterocycles. The summed E-state index contributed by atoms with van der Waals surface area (Å²) in [6.07, 6.45) is 4.21. The first-order valence-corrected chi connectivity index (χ1v) is 9.19. The fourth-order valence-corrected chi connectivity index (χ4v) is 4.18. The maximum atomic E-state index is 11.1. The molecule has 0 bridgehead atoms. The number of thiazole rings is 1. The van der Waals surface area contributed by atoms with E-state index in [2.05, 4.69) is 39.2 Å². The molecular weight excluding hydrogens is 364 g/mol. The van der Waals surface area contributed by atoms with E-state index in [9.17, 15) is 4.79 Å². The zero-order valence-corrected chi connectivity index (χ0v) is 16.8. The zero-order valence-electron chi connectivity index (χ0n) is 15.0. The molecule has 1 amide bonds. The van der Waals surface area contributed by atoms with Crippen molar-refractivity contribution in [2.24, 2.45) is 5.92 Å². The molecule has 7 heteroatoms. The third kappa shape index (κ3) is 6.07. The topological polar surface area (TPSA) is 58.1 Å². The first-order valence-electron chi connectivity index (χ1n) is 8.37. The maximum absolute atomic E-state index is 11.1. The van der Waals surface area contributed by atoms with Gasteiger partial charge < -0.3 is 5.32 Å². The minimum absolute atomic E-state index is 0. The molecule has 5 nitrogen and oxygen atoms in total. The summed E-state index contributed by atoms with van der Waals surface area (Å²) >= 11 is 1.56. The molecule has 0 saturated carbocycles. The van der Waals surface area contributed by atoms with Crippen LogP contribution in [0.2, 0.25) is 0 Å². The van der Waals surface area contributed by atoms with Crippen LogP contribution < -0.4 is 5.32 Å². The number of carbonyl (C=O) groups is 1. The van der Waals surface area contributed by atoms with Gasteiger partial charge in [-0.25, -0.2) is 4.98 Å². The number of amides is 1. The molecule has 1 fully saturated rings. The van der Waals surface area contributed by atoms with E-state index < -0.39 is 0 Å². The molecule has 0 aliphatic carbocycles. The Kier molecular flexibility index (Phi) is 8.73. The number of anilines is 1. The third-order valence-electron chi connectivity index (χ3n) is 4.43. The Morgan fingerprint density at radius 3 is 2.85 bits per heavy atom. The van der Waals surface area contributed by atoms with E-state index in [0.717, 1.165) is 37.4 Å². The molecule has 3 rings (SSSR count). The van der Waals surface area contributed by atoms with Gasteiger partial charge in [-0.1, -0.05) is 13.5 Å². The normalized spacial score (nSPS) is 16.7. The van der Waals surface area contributed by atoms with E-state index in [1.54, 1.807) is 11.3 Å². The second-order valence-corrected chi connectivity index (χ2v) is 7.72. The average Bonchev–Trinajstić information content (AvgIpc) is 3.12. The van der Waals surface area contributed by atoms with Crippen LogP contribution in [-0.2, 0) is 17.8 Å². The summed E-state index contributed by atoms with van der Waals surface area (Å²) in [5.74, 6) is 0.621. The Bertz CT molecular complexity index is 732. The number of aryl methyl sites for hydroxylation is 2. The smallest absolute Gasteiger partial charge is 0.223 e. The Balaban J connectivity index is 0.00000169. The van der Waals surface area contributed by atoms with E-state index in [1.807, 2.05) is 13.1 Å². The Morgan fingerprint density at radius 1 is 1.38 bits per heavy atom. The lowest BCUT2D eigenvalue weighted by atomic mass is 9.97. The Morgan fingerprint density at radius 2 is 2.15 bits per heavy atom. The van der Waals surface area contributed by atoms with Crippen LogP contribution in [0, 0.1) is 19.8 Å². The number of rotatable bonds is 5. The van der Waals surface area contributed by atoms with Crippen molar-refractivity contribution >= 4 is 35.9 Å². The fraction of sp³-hybridized carbons (Fsp3) is 0.526. The highest BCUT2D eigenvalue weighted by Gasteiger charge is 2.24. The van der Waals surface area contributed by atoms with Gasteiger partial charge in [-0.3, -0.25) is 14.7 Å². The minimum atomic E-state index is -0.0702. The van der Waals surface area contributed by atoms with Crippen LogP contribution in [0.3, 0.4) is 0 Å². The van der Waals surface area contributed by atoms with Crippen LogP contribution >= 0.6 is 24.8 Å². The van der Waals surface area contributed by atoms with Gasteiger partial charge in [0.05, 0.1) is 0 Å². The maximum Gasteiger partial charge on any atom is 0.223 e. The highest BCUT2D eigenvalue weighted by molar-refractivity contribution is 7.59. The number of likely N-dealkylation sites (tertiary alicyclic amines) is 1. The molecule has 2 aromatic heterocycles. The van der Waals surface area contributed by atoms with Crippen LogP contribution in [0.4, 0.5) is 5.13 Å². The van der Waals surface area contributed by atoms with Crippen LogP contribution in [0.5, 0.6) is 0 Å². The van der Waals surface area contributed by atoms with Gasteiger partial charge in [-0.15, -0.1) is 11.3 Å². The minimum Gasteiger partial charge on any atom is -0.302 e. The third-order valence-corrected chi connectivity index (χ3v) is 5.33. The molecule has 144 valence electrons. The van der Waals surface area contributed by atoms with E-state index in [0.29, 0.717) is 11.0 Å². The van der Waals surface area contributed by atoms with Gasteiger partial charge in [0, 0.05) is 42.5 Å². The first kappa shape index (κ1) is 22.6. The molecule has 1 N–H and O–H groups in total. The molecule has 1 saturated heterocycles. The number of aromatic nitrogens is 2. The van der Waals surface area contributed by atoms with Crippen molar-refractivity contribution in [3.63, 3.8) is 0 Å². The van der Waals surface area contributed by atoms with E-state index >= 15 is 0 Å². The number of hydrogen-bond donors (Lipinski definition) is 1. The van der Waals surface area contributed by atoms with Gasteiger partial charge in [-0.05, 0) is 50.8 Å². The molecular formula is C19H30N4OS2. The lowest BCUT2D eigenvalue weighted by Crippen LogP contribution is -2.20. The highest BCUT2D eigenvalue weighted by Crippen LogP contribution is 2.26. The van der Waals surface area contributed by atoms with Crippen molar-refractivity contribution in [2.45, 2.75) is 47.6 Å². The molecule has 0 spiro atoms. The molecule has 0 radical (unpaired) electrons. The van der Waals surface area contributed by atoms with Crippen molar-refractivity contribution in [2.75, 3.05) is 18.4 Å². The molecule has 1 aliphatic rings. The molecule has 26 heavy (non-hydrogen) atoms. The average molecular weight is 395 g/mol. The van der Waals surface area contributed by atoms with Gasteiger partial charge in [0.2, 0.25) is 5.91 Å². The van der Waals surface area contributed by atoms with Gasteiger partial charge in [0.25, 0.3) is 0 Å². The standard InChI is InChI=1S/C18H24N4OS.CH4.H2S/c1-12-4-5-16(13(2)20-12)8-15-6-7-22(10-15)11-17-9-19-18(24-17)21-14(3)23;;/h4-5,9,15H,6-8,10-11H2,1-3H3,(H,19,21,23);1H4;1H2. The molecule has 2 aromatic rings. The number of nitrogens with one attached hydrogen (secondary N) is 1. The largest absolute Gasteiger partial charge is 0.302 e. The monoisotopic (exact) mass is 394 g/mol. The van der Waals surface area contributed by atoms with Crippen molar-refractivity contribution in [3.05, 3.63) is 40.2 Å². The highest BCUT2D eigenvalue weighted by atomic mass is 32.1. The molecule has 1 unspecified atom stereocenters. The lowest BCUT2D eigenvalue weighted by molar-refractivity contribution is -0.114. The fourth-order valence-electron chi connectivity index (χ4n) is 3.27. The molecule has 3 heterocycles. The van der Waals surface area contributed by atoms with Crippen molar-refractivity contribution in [1.29, 1.82) is 0 Å². The number of nitrogens with zero attached hydrogens (tertiary/aromatic N) is 3. The van der Waals surface area contributed by atoms with E-state index in [-0.39, 0.29) is 26.8 Å². The number of pyridine rings is 1. The second-order valence-electron chi connectivity index (χ2n) is 6.60. The van der Waals surface area contributed by atoms with Gasteiger partial charge >= 0.3 is 0 Å². The summed E-state index contributed by atoms with van der Waals surface area (Å²) in [5.41, 5.74) is 3.62. The van der Waals surface area contributed by atoms with Crippen LogP contribution in [-0.4, -0.2) is 33.9 Å². The molecule has 1 atom stereocenters. The second kappa shape index (κ2) is 10.0. The van der Waals surface area contributed by atoms with Crippen molar-refractivity contribution in [1.82, 2.24) is 14.9 Å². The number of hydrogen-bond acceptors (Lipinski definition) is 5. The molecule has 0 aromatic carbocycles. The summed E-state index contributed by atoms with van der Waals surface area (Å²) in [4.78, 5) is 23.6. The zero-order chi connectivity index (χ0) is 17.1. The van der Waals surface area contributed by atoms with Gasteiger partial charge in [0.15, 0.2) is 5.13 Å². The predicted molar refractivity (Wildman–Crippen MR) is 114 cm³/mol. The number of carbonyl (C=O) groups excluding carboxylic acids is 1.